The molecule has 0 bridgehead atoms. The predicted octanol–water partition coefficient (Wildman–Crippen LogP) is 1.18. The summed E-state index contributed by atoms with van der Waals surface area (Å²) in [4.78, 5) is 11.7. The van der Waals surface area contributed by atoms with Crippen LogP contribution in [0.2, 0.25) is 0 Å². The van der Waals surface area contributed by atoms with E-state index in [0.29, 0.717) is 30.4 Å². The molecule has 1 aromatic carbocycles. The van der Waals surface area contributed by atoms with E-state index in [-0.39, 0.29) is 11.8 Å². The Morgan fingerprint density at radius 2 is 1.67 bits per heavy atom. The van der Waals surface area contributed by atoms with Gasteiger partial charge >= 0.3 is 0 Å². The number of carbonyl (C=O) groups is 1. The number of methoxy groups -OCH3 is 2. The van der Waals surface area contributed by atoms with Crippen LogP contribution in [0, 0.1) is 5.92 Å². The zero-order valence-corrected chi connectivity index (χ0v) is 13.0. The first kappa shape index (κ1) is 17.1. The van der Waals surface area contributed by atoms with E-state index < -0.39 is 6.04 Å². The van der Waals surface area contributed by atoms with Crippen molar-refractivity contribution in [3.8, 4) is 17.2 Å². The maximum atomic E-state index is 11.7. The number of nitrogens with one attached hydrogen (secondary N) is 1. The van der Waals surface area contributed by atoms with Crippen molar-refractivity contribution < 1.29 is 19.0 Å². The van der Waals surface area contributed by atoms with Crippen molar-refractivity contribution in [2.75, 3.05) is 27.4 Å². The second-order valence-corrected chi connectivity index (χ2v) is 4.96. The first-order valence-electron chi connectivity index (χ1n) is 6.87. The normalized spacial score (nSPS) is 11.9. The Hall–Kier alpha value is -1.95. The van der Waals surface area contributed by atoms with Gasteiger partial charge in [-0.3, -0.25) is 4.79 Å². The fourth-order valence-corrected chi connectivity index (χ4v) is 1.63. The number of hydrogen-bond acceptors (Lipinski definition) is 5. The maximum Gasteiger partial charge on any atom is 0.237 e. The Kier molecular flexibility index (Phi) is 6.81. The maximum absolute atomic E-state index is 11.7. The minimum atomic E-state index is -0.498. The van der Waals surface area contributed by atoms with E-state index in [9.17, 15) is 4.79 Å². The summed E-state index contributed by atoms with van der Waals surface area (Å²) in [6.45, 7) is 4.54. The summed E-state index contributed by atoms with van der Waals surface area (Å²) in [5.74, 6) is 1.85. The second-order valence-electron chi connectivity index (χ2n) is 4.96. The van der Waals surface area contributed by atoms with Crippen molar-refractivity contribution in [3.63, 3.8) is 0 Å². The number of carbonyl (C=O) groups excluding carboxylic acids is 1. The lowest BCUT2D eigenvalue weighted by Crippen LogP contribution is -2.45. The number of benzene rings is 1. The van der Waals surface area contributed by atoms with Gasteiger partial charge in [-0.2, -0.15) is 0 Å². The van der Waals surface area contributed by atoms with Gasteiger partial charge in [-0.25, -0.2) is 0 Å². The third kappa shape index (κ3) is 5.51. The van der Waals surface area contributed by atoms with Gasteiger partial charge in [0.25, 0.3) is 0 Å². The standard InChI is InChI=1S/C15H24N2O4/c1-10(2)14(16)15(18)17-5-6-21-13-8-11(19-3)7-12(9-13)20-4/h7-10,14H,5-6,16H2,1-4H3,(H,17,18)/t14-/m0/s1. The van der Waals surface area contributed by atoms with Crippen LogP contribution in [-0.4, -0.2) is 39.3 Å². The van der Waals surface area contributed by atoms with Crippen LogP contribution >= 0.6 is 0 Å². The van der Waals surface area contributed by atoms with Gasteiger partial charge in [-0.05, 0) is 5.92 Å². The Balaban J connectivity index is 2.44. The highest BCUT2D eigenvalue weighted by molar-refractivity contribution is 5.81. The van der Waals surface area contributed by atoms with Crippen molar-refractivity contribution in [1.82, 2.24) is 5.32 Å². The van der Waals surface area contributed by atoms with Crippen LogP contribution in [0.5, 0.6) is 17.2 Å². The zero-order chi connectivity index (χ0) is 15.8. The zero-order valence-electron chi connectivity index (χ0n) is 13.0. The Bertz CT molecular complexity index is 441. The lowest BCUT2D eigenvalue weighted by atomic mass is 10.1. The number of ether oxygens (including phenoxy) is 3. The van der Waals surface area contributed by atoms with Gasteiger partial charge in [-0.15, -0.1) is 0 Å². The van der Waals surface area contributed by atoms with E-state index in [2.05, 4.69) is 5.32 Å². The molecule has 0 heterocycles. The van der Waals surface area contributed by atoms with Crippen molar-refractivity contribution in [1.29, 1.82) is 0 Å². The molecule has 0 fully saturated rings. The molecule has 0 saturated carbocycles. The lowest BCUT2D eigenvalue weighted by Gasteiger charge is -2.15. The number of amides is 1. The smallest absolute Gasteiger partial charge is 0.237 e. The minimum Gasteiger partial charge on any atom is -0.496 e. The van der Waals surface area contributed by atoms with E-state index >= 15 is 0 Å². The molecule has 0 spiro atoms. The fraction of sp³-hybridized carbons (Fsp3) is 0.533. The van der Waals surface area contributed by atoms with Crippen LogP contribution in [0.1, 0.15) is 13.8 Å². The van der Waals surface area contributed by atoms with Gasteiger partial charge in [0.1, 0.15) is 23.9 Å². The summed E-state index contributed by atoms with van der Waals surface area (Å²) in [6.07, 6.45) is 0. The van der Waals surface area contributed by atoms with Gasteiger partial charge in [0, 0.05) is 18.2 Å². The van der Waals surface area contributed by atoms with Gasteiger partial charge in [0.05, 0.1) is 26.8 Å². The van der Waals surface area contributed by atoms with Crippen molar-refractivity contribution >= 4 is 5.91 Å². The molecule has 0 aliphatic rings. The van der Waals surface area contributed by atoms with Crippen molar-refractivity contribution in [2.24, 2.45) is 11.7 Å². The molecule has 1 atom stereocenters. The summed E-state index contributed by atoms with van der Waals surface area (Å²) < 4.78 is 15.9. The average Bonchev–Trinajstić information content (AvgIpc) is 2.49. The summed E-state index contributed by atoms with van der Waals surface area (Å²) in [7, 11) is 3.15. The van der Waals surface area contributed by atoms with Crippen LogP contribution in [-0.2, 0) is 4.79 Å². The van der Waals surface area contributed by atoms with Crippen LogP contribution in [0.3, 0.4) is 0 Å². The molecule has 118 valence electrons. The molecule has 6 nitrogen and oxygen atoms in total. The van der Waals surface area contributed by atoms with Crippen LogP contribution in [0.4, 0.5) is 0 Å². The lowest BCUT2D eigenvalue weighted by molar-refractivity contribution is -0.123. The largest absolute Gasteiger partial charge is 0.496 e. The van der Waals surface area contributed by atoms with Crippen LogP contribution in [0.25, 0.3) is 0 Å². The van der Waals surface area contributed by atoms with Gasteiger partial charge < -0.3 is 25.3 Å². The molecule has 0 aliphatic carbocycles. The Labute approximate surface area is 125 Å². The van der Waals surface area contributed by atoms with E-state index in [4.69, 9.17) is 19.9 Å². The van der Waals surface area contributed by atoms with Gasteiger partial charge in [0.2, 0.25) is 5.91 Å². The Morgan fingerprint density at radius 3 is 2.14 bits per heavy atom. The summed E-state index contributed by atoms with van der Waals surface area (Å²) >= 11 is 0. The van der Waals surface area contributed by atoms with E-state index in [0.717, 1.165) is 0 Å². The molecular formula is C15H24N2O4. The molecule has 0 unspecified atom stereocenters. The highest BCUT2D eigenvalue weighted by Gasteiger charge is 2.16. The number of hydrogen-bond donors (Lipinski definition) is 2. The first-order valence-corrected chi connectivity index (χ1v) is 6.87. The summed E-state index contributed by atoms with van der Waals surface area (Å²) in [5, 5.41) is 2.74. The molecule has 0 aliphatic heterocycles. The molecule has 0 radical (unpaired) electrons. The van der Waals surface area contributed by atoms with Crippen LogP contribution in [0.15, 0.2) is 18.2 Å². The van der Waals surface area contributed by atoms with Crippen molar-refractivity contribution in [2.45, 2.75) is 19.9 Å². The molecule has 6 heteroatoms. The van der Waals surface area contributed by atoms with Gasteiger partial charge in [-0.1, -0.05) is 13.8 Å². The molecular weight excluding hydrogens is 272 g/mol. The van der Waals surface area contributed by atoms with E-state index in [1.807, 2.05) is 13.8 Å². The summed E-state index contributed by atoms with van der Waals surface area (Å²) in [6, 6.07) is 4.77. The first-order chi connectivity index (χ1) is 9.97. The molecule has 21 heavy (non-hydrogen) atoms. The van der Waals surface area contributed by atoms with E-state index in [1.54, 1.807) is 32.4 Å². The molecule has 1 rings (SSSR count). The van der Waals surface area contributed by atoms with E-state index in [1.165, 1.54) is 0 Å². The predicted molar refractivity (Wildman–Crippen MR) is 80.9 cm³/mol. The Morgan fingerprint density at radius 1 is 1.14 bits per heavy atom. The fourth-order valence-electron chi connectivity index (χ4n) is 1.63. The van der Waals surface area contributed by atoms with Crippen molar-refractivity contribution in [3.05, 3.63) is 18.2 Å². The molecule has 3 N–H and O–H groups in total. The topological polar surface area (TPSA) is 82.8 Å². The highest BCUT2D eigenvalue weighted by Crippen LogP contribution is 2.27. The number of rotatable bonds is 8. The van der Waals surface area contributed by atoms with Crippen LogP contribution < -0.4 is 25.3 Å². The SMILES string of the molecule is COc1cc(OC)cc(OCCNC(=O)[C@@H](N)C(C)C)c1. The highest BCUT2D eigenvalue weighted by atomic mass is 16.5. The molecule has 1 amide bonds. The second kappa shape index (κ2) is 8.36. The monoisotopic (exact) mass is 296 g/mol. The third-order valence-corrected chi connectivity index (χ3v) is 3.02. The average molecular weight is 296 g/mol. The summed E-state index contributed by atoms with van der Waals surface area (Å²) in [5.41, 5.74) is 5.74. The molecule has 1 aromatic rings. The number of nitrogens with two attached hydrogens (primary N) is 1. The minimum absolute atomic E-state index is 0.105. The molecule has 0 aromatic heterocycles. The molecule has 0 saturated heterocycles. The van der Waals surface area contributed by atoms with Gasteiger partial charge in [0.15, 0.2) is 0 Å². The third-order valence-electron chi connectivity index (χ3n) is 3.02. The quantitative estimate of drug-likeness (QED) is 0.704.